The number of alkyl halides is 2. The predicted molar refractivity (Wildman–Crippen MR) is 54.9 cm³/mol. The van der Waals surface area contributed by atoms with Crippen molar-refractivity contribution < 1.29 is 8.78 Å². The zero-order valence-corrected chi connectivity index (χ0v) is 9.03. The molecule has 0 bridgehead atoms. The van der Waals surface area contributed by atoms with Crippen LogP contribution in [0.2, 0.25) is 0 Å². The third-order valence-corrected chi connectivity index (χ3v) is 2.52. The Morgan fingerprint density at radius 1 is 1.47 bits per heavy atom. The molecular formula is C10H17F2N3. The molecule has 0 aliphatic heterocycles. The molecule has 1 heterocycles. The minimum Gasteiger partial charge on any atom is -0.330 e. The lowest BCUT2D eigenvalue weighted by atomic mass is 9.93. The van der Waals surface area contributed by atoms with Gasteiger partial charge in [0.15, 0.2) is 0 Å². The van der Waals surface area contributed by atoms with Crippen LogP contribution >= 0.6 is 0 Å². The zero-order valence-electron chi connectivity index (χ0n) is 9.03. The lowest BCUT2D eigenvalue weighted by Crippen LogP contribution is -2.22. The standard InChI is InChI=1S/C10H17F2N3/c1-7(2)8(3-13)9-4-14-6-15(9)5-10(11)12/h4,6-8,10H,3,5,13H2,1-2H3. The maximum absolute atomic E-state index is 12.3. The Morgan fingerprint density at radius 2 is 2.13 bits per heavy atom. The third kappa shape index (κ3) is 2.99. The molecule has 1 aromatic rings. The minimum atomic E-state index is -2.36. The molecule has 0 fully saturated rings. The number of imidazole rings is 1. The highest BCUT2D eigenvalue weighted by Crippen LogP contribution is 2.23. The number of aromatic nitrogens is 2. The average Bonchev–Trinajstić information content (AvgIpc) is 2.53. The van der Waals surface area contributed by atoms with E-state index in [0.29, 0.717) is 12.5 Å². The van der Waals surface area contributed by atoms with E-state index < -0.39 is 6.43 Å². The van der Waals surface area contributed by atoms with Crippen LogP contribution in [0.4, 0.5) is 8.78 Å². The van der Waals surface area contributed by atoms with Crippen molar-refractivity contribution in [1.82, 2.24) is 9.55 Å². The van der Waals surface area contributed by atoms with Crippen LogP contribution in [-0.2, 0) is 6.54 Å². The van der Waals surface area contributed by atoms with Crippen LogP contribution in [0.15, 0.2) is 12.5 Å². The molecule has 1 unspecified atom stereocenters. The smallest absolute Gasteiger partial charge is 0.256 e. The van der Waals surface area contributed by atoms with Crippen molar-refractivity contribution >= 4 is 0 Å². The van der Waals surface area contributed by atoms with Gasteiger partial charge in [-0.3, -0.25) is 0 Å². The highest BCUT2D eigenvalue weighted by Gasteiger charge is 2.19. The Balaban J connectivity index is 2.87. The van der Waals surface area contributed by atoms with E-state index in [1.807, 2.05) is 13.8 Å². The summed E-state index contributed by atoms with van der Waals surface area (Å²) in [7, 11) is 0. The van der Waals surface area contributed by atoms with Gasteiger partial charge in [-0.2, -0.15) is 0 Å². The fourth-order valence-electron chi connectivity index (χ4n) is 1.68. The highest BCUT2D eigenvalue weighted by atomic mass is 19.3. The number of nitrogens with two attached hydrogens (primary N) is 1. The number of halogens is 2. The molecule has 2 N–H and O–H groups in total. The van der Waals surface area contributed by atoms with Crippen molar-refractivity contribution in [3.63, 3.8) is 0 Å². The second-order valence-electron chi connectivity index (χ2n) is 3.95. The topological polar surface area (TPSA) is 43.8 Å². The summed E-state index contributed by atoms with van der Waals surface area (Å²) in [6.45, 7) is 4.19. The predicted octanol–water partition coefficient (Wildman–Crippen LogP) is 1.85. The van der Waals surface area contributed by atoms with E-state index in [4.69, 9.17) is 5.73 Å². The molecule has 0 spiro atoms. The lowest BCUT2D eigenvalue weighted by molar-refractivity contribution is 0.124. The van der Waals surface area contributed by atoms with Gasteiger partial charge in [-0.1, -0.05) is 13.8 Å². The first-order valence-corrected chi connectivity index (χ1v) is 5.04. The molecule has 0 saturated heterocycles. The van der Waals surface area contributed by atoms with E-state index in [-0.39, 0.29) is 12.5 Å². The fraction of sp³-hybridized carbons (Fsp3) is 0.700. The van der Waals surface area contributed by atoms with Crippen molar-refractivity contribution in [2.24, 2.45) is 11.7 Å². The number of rotatable bonds is 5. The van der Waals surface area contributed by atoms with Crippen LogP contribution in [0.25, 0.3) is 0 Å². The van der Waals surface area contributed by atoms with Crippen LogP contribution in [0.3, 0.4) is 0 Å². The van der Waals surface area contributed by atoms with Crippen molar-refractivity contribution in [3.05, 3.63) is 18.2 Å². The van der Waals surface area contributed by atoms with Crippen LogP contribution < -0.4 is 5.73 Å². The fourth-order valence-corrected chi connectivity index (χ4v) is 1.68. The molecule has 5 heteroatoms. The summed E-state index contributed by atoms with van der Waals surface area (Å²) in [6, 6.07) is 0. The van der Waals surface area contributed by atoms with Gasteiger partial charge in [0.1, 0.15) is 0 Å². The Bertz CT molecular complexity index is 297. The van der Waals surface area contributed by atoms with Gasteiger partial charge in [-0.05, 0) is 5.92 Å². The minimum absolute atomic E-state index is 0.0891. The lowest BCUT2D eigenvalue weighted by Gasteiger charge is -2.20. The first-order chi connectivity index (χ1) is 7.06. The molecule has 86 valence electrons. The molecule has 0 aliphatic rings. The molecule has 3 nitrogen and oxygen atoms in total. The molecular weight excluding hydrogens is 200 g/mol. The summed E-state index contributed by atoms with van der Waals surface area (Å²) in [5.41, 5.74) is 6.43. The summed E-state index contributed by atoms with van der Waals surface area (Å²) in [5.74, 6) is 0.411. The van der Waals surface area contributed by atoms with Gasteiger partial charge in [0.25, 0.3) is 6.43 Å². The monoisotopic (exact) mass is 217 g/mol. The van der Waals surface area contributed by atoms with Gasteiger partial charge in [0, 0.05) is 24.4 Å². The van der Waals surface area contributed by atoms with E-state index in [2.05, 4.69) is 4.98 Å². The number of nitrogens with zero attached hydrogens (tertiary/aromatic N) is 2. The van der Waals surface area contributed by atoms with Crippen molar-refractivity contribution in [1.29, 1.82) is 0 Å². The van der Waals surface area contributed by atoms with Crippen LogP contribution in [0.1, 0.15) is 25.5 Å². The zero-order chi connectivity index (χ0) is 11.4. The maximum atomic E-state index is 12.3. The molecule has 15 heavy (non-hydrogen) atoms. The molecule has 0 aromatic carbocycles. The second kappa shape index (κ2) is 5.21. The Kier molecular flexibility index (Phi) is 4.20. The molecule has 1 aromatic heterocycles. The average molecular weight is 217 g/mol. The van der Waals surface area contributed by atoms with E-state index in [9.17, 15) is 8.78 Å². The van der Waals surface area contributed by atoms with E-state index in [1.54, 1.807) is 6.20 Å². The normalized spacial score (nSPS) is 13.8. The van der Waals surface area contributed by atoms with E-state index in [0.717, 1.165) is 5.69 Å². The number of hydrogen-bond acceptors (Lipinski definition) is 2. The molecule has 0 aliphatic carbocycles. The first-order valence-electron chi connectivity index (χ1n) is 5.04. The summed E-state index contributed by atoms with van der Waals surface area (Å²) >= 11 is 0. The van der Waals surface area contributed by atoms with Crippen LogP contribution in [-0.4, -0.2) is 22.5 Å². The van der Waals surface area contributed by atoms with Gasteiger partial charge in [0.05, 0.1) is 12.9 Å². The Morgan fingerprint density at radius 3 is 2.60 bits per heavy atom. The quantitative estimate of drug-likeness (QED) is 0.818. The van der Waals surface area contributed by atoms with Gasteiger partial charge >= 0.3 is 0 Å². The van der Waals surface area contributed by atoms with Gasteiger partial charge in [-0.25, -0.2) is 13.8 Å². The van der Waals surface area contributed by atoms with Crippen molar-refractivity contribution in [2.45, 2.75) is 32.7 Å². The van der Waals surface area contributed by atoms with Crippen LogP contribution in [0, 0.1) is 5.92 Å². The van der Waals surface area contributed by atoms with E-state index in [1.165, 1.54) is 10.9 Å². The van der Waals surface area contributed by atoms with Gasteiger partial charge in [-0.15, -0.1) is 0 Å². The van der Waals surface area contributed by atoms with Crippen molar-refractivity contribution in [2.75, 3.05) is 6.54 Å². The van der Waals surface area contributed by atoms with E-state index >= 15 is 0 Å². The third-order valence-electron chi connectivity index (χ3n) is 2.52. The SMILES string of the molecule is CC(C)C(CN)c1cncn1CC(F)F. The highest BCUT2D eigenvalue weighted by molar-refractivity contribution is 5.08. The molecule has 1 rings (SSSR count). The molecule has 0 saturated carbocycles. The van der Waals surface area contributed by atoms with Gasteiger partial charge < -0.3 is 10.3 Å². The van der Waals surface area contributed by atoms with Crippen LogP contribution in [0.5, 0.6) is 0 Å². The summed E-state index contributed by atoms with van der Waals surface area (Å²) < 4.78 is 26.0. The first kappa shape index (κ1) is 12.1. The van der Waals surface area contributed by atoms with Gasteiger partial charge in [0.2, 0.25) is 0 Å². The summed E-state index contributed by atoms with van der Waals surface area (Å²) in [5, 5.41) is 0. The largest absolute Gasteiger partial charge is 0.330 e. The Labute approximate surface area is 88.3 Å². The second-order valence-corrected chi connectivity index (χ2v) is 3.95. The van der Waals surface area contributed by atoms with Crippen molar-refractivity contribution in [3.8, 4) is 0 Å². The Hall–Kier alpha value is -0.970. The molecule has 0 radical (unpaired) electrons. The summed E-state index contributed by atoms with van der Waals surface area (Å²) in [4.78, 5) is 3.90. The molecule has 0 amide bonds. The summed E-state index contributed by atoms with van der Waals surface area (Å²) in [6.07, 6.45) is 0.704. The molecule has 1 atom stereocenters. The number of hydrogen-bond donors (Lipinski definition) is 1. The maximum Gasteiger partial charge on any atom is 0.256 e.